The third kappa shape index (κ3) is 2.54. The van der Waals surface area contributed by atoms with Gasteiger partial charge in [-0.05, 0) is 17.2 Å². The summed E-state index contributed by atoms with van der Waals surface area (Å²) in [4.78, 5) is 37.2. The summed E-state index contributed by atoms with van der Waals surface area (Å²) in [7, 11) is 1.88. The van der Waals surface area contributed by atoms with Crippen LogP contribution in [0.2, 0.25) is 0 Å². The molecule has 0 bridgehead atoms. The van der Waals surface area contributed by atoms with E-state index in [-0.39, 0.29) is 18.4 Å². The van der Waals surface area contributed by atoms with Gasteiger partial charge in [-0.1, -0.05) is 30.3 Å². The molecule has 2 amide bonds. The zero-order valence-electron chi connectivity index (χ0n) is 13.8. The van der Waals surface area contributed by atoms with Crippen molar-refractivity contribution in [1.82, 2.24) is 9.88 Å². The lowest BCUT2D eigenvalue weighted by Crippen LogP contribution is -2.38. The normalized spacial score (nSPS) is 24.4. The van der Waals surface area contributed by atoms with Gasteiger partial charge >= 0.3 is 5.97 Å². The average molecular weight is 338 g/mol. The fourth-order valence-electron chi connectivity index (χ4n) is 3.87. The summed E-state index contributed by atoms with van der Waals surface area (Å²) in [5, 5.41) is 2.37. The van der Waals surface area contributed by atoms with Gasteiger partial charge in [0, 0.05) is 25.4 Å². The van der Waals surface area contributed by atoms with Crippen LogP contribution in [-0.4, -0.2) is 22.4 Å². The zero-order valence-corrected chi connectivity index (χ0v) is 13.8. The molecule has 3 atom stereocenters. The van der Waals surface area contributed by atoms with Gasteiger partial charge in [0.1, 0.15) is 6.61 Å². The summed E-state index contributed by atoms with van der Waals surface area (Å²) in [5.41, 5.74) is 2.63. The van der Waals surface area contributed by atoms with Gasteiger partial charge in [-0.2, -0.15) is 0 Å². The second-order valence-corrected chi connectivity index (χ2v) is 6.59. The minimum atomic E-state index is -0.689. The predicted molar refractivity (Wildman–Crippen MR) is 88.2 cm³/mol. The van der Waals surface area contributed by atoms with E-state index in [1.165, 1.54) is 0 Å². The summed E-state index contributed by atoms with van der Waals surface area (Å²) in [5.74, 6) is -3.09. The van der Waals surface area contributed by atoms with Crippen LogP contribution in [0.1, 0.15) is 22.7 Å². The maximum atomic E-state index is 12.7. The topological polar surface area (TPSA) is 77.4 Å². The number of nitrogens with one attached hydrogen (secondary N) is 1. The third-order valence-corrected chi connectivity index (χ3v) is 5.14. The standard InChI is InChI=1S/C19H18N2O4/c1-21-8-7-12-14(21)9-13(16-15(12)17(22)20-18(16)23)19(24)25-10-11-5-3-2-4-6-11/h2-8,13,15-16H,9-10H2,1H3,(H,20,22,23). The maximum absolute atomic E-state index is 12.7. The van der Waals surface area contributed by atoms with Crippen LogP contribution in [0.5, 0.6) is 0 Å². The van der Waals surface area contributed by atoms with Gasteiger partial charge in [-0.15, -0.1) is 0 Å². The lowest BCUT2D eigenvalue weighted by Gasteiger charge is -2.30. The number of rotatable bonds is 3. The Kier molecular flexibility index (Phi) is 3.67. The molecule has 0 spiro atoms. The first-order chi connectivity index (χ1) is 12.1. The fraction of sp³-hybridized carbons (Fsp3) is 0.316. The second kappa shape index (κ2) is 5.88. The van der Waals surface area contributed by atoms with E-state index in [4.69, 9.17) is 4.74 Å². The van der Waals surface area contributed by atoms with Crippen molar-refractivity contribution >= 4 is 17.8 Å². The maximum Gasteiger partial charge on any atom is 0.310 e. The molecule has 1 N–H and O–H groups in total. The first-order valence-electron chi connectivity index (χ1n) is 8.25. The Morgan fingerprint density at radius 1 is 1.20 bits per heavy atom. The molecule has 3 unspecified atom stereocenters. The van der Waals surface area contributed by atoms with E-state index in [0.29, 0.717) is 6.42 Å². The number of nitrogens with zero attached hydrogens (tertiary/aromatic N) is 1. The third-order valence-electron chi connectivity index (χ3n) is 5.14. The molecule has 4 rings (SSSR count). The summed E-state index contributed by atoms with van der Waals surface area (Å²) in [6.07, 6.45) is 2.25. The molecule has 1 fully saturated rings. The van der Waals surface area contributed by atoms with Crippen molar-refractivity contribution in [2.45, 2.75) is 18.9 Å². The first-order valence-corrected chi connectivity index (χ1v) is 8.25. The zero-order chi connectivity index (χ0) is 17.6. The van der Waals surface area contributed by atoms with Crippen LogP contribution < -0.4 is 5.32 Å². The van der Waals surface area contributed by atoms with Crippen molar-refractivity contribution in [3.8, 4) is 0 Å². The number of ether oxygens (including phenoxy) is 1. The van der Waals surface area contributed by atoms with Crippen LogP contribution in [-0.2, 0) is 39.2 Å². The molecular weight excluding hydrogens is 320 g/mol. The molecule has 1 aromatic carbocycles. The van der Waals surface area contributed by atoms with E-state index in [9.17, 15) is 14.4 Å². The molecule has 1 saturated heterocycles. The average Bonchev–Trinajstić information content (AvgIpc) is 3.13. The van der Waals surface area contributed by atoms with Crippen LogP contribution in [0, 0.1) is 11.8 Å². The molecular formula is C19H18N2O4. The molecule has 1 aromatic heterocycles. The SMILES string of the molecule is Cn1ccc2c1CC(C(=O)OCc1ccccc1)C1C(=O)NC(=O)C21. The van der Waals surface area contributed by atoms with E-state index < -0.39 is 23.7 Å². The monoisotopic (exact) mass is 338 g/mol. The number of hydrogen-bond donors (Lipinski definition) is 1. The van der Waals surface area contributed by atoms with E-state index in [0.717, 1.165) is 16.8 Å². The van der Waals surface area contributed by atoms with Gasteiger partial charge in [0.05, 0.1) is 17.8 Å². The summed E-state index contributed by atoms with van der Waals surface area (Å²) in [6.45, 7) is 0.156. The number of benzene rings is 1. The molecule has 25 heavy (non-hydrogen) atoms. The van der Waals surface area contributed by atoms with Crippen LogP contribution in [0.15, 0.2) is 42.6 Å². The Morgan fingerprint density at radius 2 is 1.96 bits per heavy atom. The molecule has 0 saturated carbocycles. The van der Waals surface area contributed by atoms with Crippen LogP contribution in [0.4, 0.5) is 0 Å². The van der Waals surface area contributed by atoms with Gasteiger partial charge in [0.2, 0.25) is 11.8 Å². The van der Waals surface area contributed by atoms with Crippen molar-refractivity contribution < 1.29 is 19.1 Å². The van der Waals surface area contributed by atoms with E-state index in [1.54, 1.807) is 0 Å². The van der Waals surface area contributed by atoms with E-state index in [1.807, 2.05) is 54.2 Å². The molecule has 6 heteroatoms. The number of aryl methyl sites for hydroxylation is 1. The lowest BCUT2D eigenvalue weighted by atomic mass is 9.72. The number of amides is 2. The Labute approximate surface area is 144 Å². The molecule has 2 aromatic rings. The number of imide groups is 1. The van der Waals surface area contributed by atoms with Gasteiger partial charge in [-0.3, -0.25) is 19.7 Å². The highest BCUT2D eigenvalue weighted by Crippen LogP contribution is 2.43. The minimum absolute atomic E-state index is 0.156. The quantitative estimate of drug-likeness (QED) is 0.676. The summed E-state index contributed by atoms with van der Waals surface area (Å²) < 4.78 is 7.35. The number of hydrogen-bond acceptors (Lipinski definition) is 4. The van der Waals surface area contributed by atoms with Gasteiger partial charge in [0.25, 0.3) is 0 Å². The lowest BCUT2D eigenvalue weighted by molar-refractivity contribution is -0.154. The van der Waals surface area contributed by atoms with Crippen molar-refractivity contribution in [3.05, 3.63) is 59.4 Å². The number of carbonyl (C=O) groups excluding carboxylic acids is 3. The second-order valence-electron chi connectivity index (χ2n) is 6.59. The van der Waals surface area contributed by atoms with Gasteiger partial charge < -0.3 is 9.30 Å². The minimum Gasteiger partial charge on any atom is -0.461 e. The molecule has 6 nitrogen and oxygen atoms in total. The number of esters is 1. The number of fused-ring (bicyclic) bond motifs is 3. The molecule has 2 heterocycles. The van der Waals surface area contributed by atoms with Crippen molar-refractivity contribution in [1.29, 1.82) is 0 Å². The van der Waals surface area contributed by atoms with E-state index in [2.05, 4.69) is 5.32 Å². The molecule has 0 radical (unpaired) electrons. The highest BCUT2D eigenvalue weighted by atomic mass is 16.5. The highest BCUT2D eigenvalue weighted by Gasteiger charge is 2.53. The number of aromatic nitrogens is 1. The van der Waals surface area contributed by atoms with Gasteiger partial charge in [-0.25, -0.2) is 0 Å². The Hall–Kier alpha value is -2.89. The Bertz CT molecular complexity index is 856. The predicted octanol–water partition coefficient (Wildman–Crippen LogP) is 1.30. The molecule has 1 aliphatic heterocycles. The van der Waals surface area contributed by atoms with Crippen LogP contribution >= 0.6 is 0 Å². The first kappa shape index (κ1) is 15.6. The largest absolute Gasteiger partial charge is 0.461 e. The molecule has 128 valence electrons. The molecule has 1 aliphatic carbocycles. The van der Waals surface area contributed by atoms with Crippen molar-refractivity contribution in [3.63, 3.8) is 0 Å². The van der Waals surface area contributed by atoms with Crippen molar-refractivity contribution in [2.75, 3.05) is 0 Å². The smallest absolute Gasteiger partial charge is 0.310 e. The van der Waals surface area contributed by atoms with E-state index >= 15 is 0 Å². The highest BCUT2D eigenvalue weighted by molar-refractivity contribution is 6.09. The number of carbonyl (C=O) groups is 3. The van der Waals surface area contributed by atoms with Crippen LogP contribution in [0.25, 0.3) is 0 Å². The summed E-state index contributed by atoms with van der Waals surface area (Å²) >= 11 is 0. The van der Waals surface area contributed by atoms with Gasteiger partial charge in [0.15, 0.2) is 0 Å². The van der Waals surface area contributed by atoms with Crippen molar-refractivity contribution in [2.24, 2.45) is 18.9 Å². The molecule has 2 aliphatic rings. The Morgan fingerprint density at radius 3 is 2.72 bits per heavy atom. The van der Waals surface area contributed by atoms with Crippen LogP contribution in [0.3, 0.4) is 0 Å². The Balaban J connectivity index is 1.60. The fourth-order valence-corrected chi connectivity index (χ4v) is 3.87. The summed E-state index contributed by atoms with van der Waals surface area (Å²) in [6, 6.07) is 11.2.